The number of likely N-dealkylation sites (N-methyl/N-ethyl adjacent to an activating group) is 2. The van der Waals surface area contributed by atoms with Crippen molar-refractivity contribution >= 4 is 23.4 Å². The second kappa shape index (κ2) is 9.43. The first-order chi connectivity index (χ1) is 14.6. The second-order valence-corrected chi connectivity index (χ2v) is 6.24. The molecule has 0 saturated carbocycles. The standard InChI is InChI=1S/C19H18F4N4O4/c1-24-15-13(22)11(20)10(12(21)14(15)23)8-4-6-9(7-5-8)19(30)27(3)16(17(28)25-2)18(29)26-31/h4-7,16,24,31H,1-3H3,(H,25,28)(H,26,29). The fraction of sp³-hybridized carbons (Fsp3) is 0.211. The van der Waals surface area contributed by atoms with Gasteiger partial charge in [0.1, 0.15) is 5.69 Å². The van der Waals surface area contributed by atoms with E-state index in [1.54, 1.807) is 0 Å². The van der Waals surface area contributed by atoms with Crippen LogP contribution in [0.5, 0.6) is 0 Å². The number of anilines is 1. The number of hydroxylamine groups is 1. The maximum absolute atomic E-state index is 14.3. The molecule has 2 aromatic rings. The molecule has 0 heterocycles. The second-order valence-electron chi connectivity index (χ2n) is 6.24. The first-order valence-electron chi connectivity index (χ1n) is 8.67. The molecular weight excluding hydrogens is 424 g/mol. The first kappa shape index (κ1) is 23.6. The molecule has 1 atom stereocenters. The van der Waals surface area contributed by atoms with Gasteiger partial charge in [0.2, 0.25) is 0 Å². The lowest BCUT2D eigenvalue weighted by Crippen LogP contribution is -2.54. The van der Waals surface area contributed by atoms with Gasteiger partial charge in [0.05, 0.1) is 5.56 Å². The Balaban J connectivity index is 2.43. The highest BCUT2D eigenvalue weighted by molar-refractivity contribution is 6.08. The number of benzene rings is 2. The van der Waals surface area contributed by atoms with Gasteiger partial charge in [-0.2, -0.15) is 0 Å². The topological polar surface area (TPSA) is 111 Å². The number of hydrogen-bond donors (Lipinski definition) is 4. The van der Waals surface area contributed by atoms with Gasteiger partial charge in [-0.1, -0.05) is 12.1 Å². The lowest BCUT2D eigenvalue weighted by atomic mass is 10.0. The van der Waals surface area contributed by atoms with Crippen molar-refractivity contribution in [2.24, 2.45) is 0 Å². The number of nitrogens with zero attached hydrogens (tertiary/aromatic N) is 1. The van der Waals surface area contributed by atoms with E-state index in [4.69, 9.17) is 5.21 Å². The summed E-state index contributed by atoms with van der Waals surface area (Å²) < 4.78 is 56.6. The van der Waals surface area contributed by atoms with Crippen molar-refractivity contribution in [3.63, 3.8) is 0 Å². The Kier molecular flexibility index (Phi) is 7.18. The van der Waals surface area contributed by atoms with Crippen LogP contribution in [0.25, 0.3) is 11.1 Å². The maximum Gasteiger partial charge on any atom is 0.275 e. The first-order valence-corrected chi connectivity index (χ1v) is 8.67. The number of amides is 3. The minimum absolute atomic E-state index is 0.112. The molecule has 0 aliphatic rings. The molecule has 2 rings (SSSR count). The molecule has 1 unspecified atom stereocenters. The molecule has 2 aromatic carbocycles. The van der Waals surface area contributed by atoms with Gasteiger partial charge in [-0.25, -0.2) is 23.0 Å². The van der Waals surface area contributed by atoms with Crippen LogP contribution in [0, 0.1) is 23.3 Å². The van der Waals surface area contributed by atoms with Gasteiger partial charge in [0.25, 0.3) is 17.7 Å². The van der Waals surface area contributed by atoms with E-state index in [1.165, 1.54) is 12.5 Å². The van der Waals surface area contributed by atoms with Crippen LogP contribution in [-0.4, -0.2) is 55.0 Å². The summed E-state index contributed by atoms with van der Waals surface area (Å²) in [5.74, 6) is -9.39. The zero-order chi connectivity index (χ0) is 23.5. The van der Waals surface area contributed by atoms with E-state index < -0.39 is 58.3 Å². The van der Waals surface area contributed by atoms with E-state index >= 15 is 0 Å². The minimum atomic E-state index is -1.71. The summed E-state index contributed by atoms with van der Waals surface area (Å²) in [5, 5.41) is 13.0. The average molecular weight is 442 g/mol. The Labute approximate surface area is 173 Å². The van der Waals surface area contributed by atoms with Gasteiger partial charge in [-0.3, -0.25) is 19.6 Å². The van der Waals surface area contributed by atoms with Crippen molar-refractivity contribution in [3.05, 3.63) is 53.1 Å². The Morgan fingerprint density at radius 1 is 0.903 bits per heavy atom. The van der Waals surface area contributed by atoms with E-state index in [9.17, 15) is 31.9 Å². The van der Waals surface area contributed by atoms with Gasteiger partial charge in [-0.05, 0) is 17.7 Å². The monoisotopic (exact) mass is 442 g/mol. The van der Waals surface area contributed by atoms with Crippen LogP contribution < -0.4 is 16.1 Å². The lowest BCUT2D eigenvalue weighted by Gasteiger charge is -2.25. The Morgan fingerprint density at radius 3 is 1.84 bits per heavy atom. The van der Waals surface area contributed by atoms with Crippen LogP contribution in [-0.2, 0) is 9.59 Å². The van der Waals surface area contributed by atoms with E-state index in [2.05, 4.69) is 5.32 Å². The molecule has 0 spiro atoms. The van der Waals surface area contributed by atoms with Crippen molar-refractivity contribution in [1.29, 1.82) is 0 Å². The molecule has 0 aliphatic carbocycles. The van der Waals surface area contributed by atoms with Crippen LogP contribution in [0.3, 0.4) is 0 Å². The highest BCUT2D eigenvalue weighted by Gasteiger charge is 2.33. The Morgan fingerprint density at radius 2 is 1.42 bits per heavy atom. The Bertz CT molecular complexity index is 986. The van der Waals surface area contributed by atoms with Crippen LogP contribution in [0.1, 0.15) is 10.4 Å². The predicted molar refractivity (Wildman–Crippen MR) is 101 cm³/mol. The number of carbonyl (C=O) groups excluding carboxylic acids is 3. The van der Waals surface area contributed by atoms with E-state index in [-0.39, 0.29) is 11.1 Å². The minimum Gasteiger partial charge on any atom is -0.383 e. The molecule has 0 fully saturated rings. The summed E-state index contributed by atoms with van der Waals surface area (Å²) in [6, 6.07) is 2.55. The van der Waals surface area contributed by atoms with E-state index in [0.717, 1.165) is 43.3 Å². The van der Waals surface area contributed by atoms with Crippen molar-refractivity contribution in [1.82, 2.24) is 15.7 Å². The third-order valence-electron chi connectivity index (χ3n) is 4.49. The summed E-state index contributed by atoms with van der Waals surface area (Å²) in [7, 11) is 3.43. The molecule has 0 aromatic heterocycles. The molecule has 166 valence electrons. The molecule has 31 heavy (non-hydrogen) atoms. The number of carbonyl (C=O) groups is 3. The molecule has 3 amide bonds. The molecule has 0 bridgehead atoms. The van der Waals surface area contributed by atoms with Gasteiger partial charge in [0.15, 0.2) is 29.3 Å². The van der Waals surface area contributed by atoms with E-state index in [1.807, 2.05) is 5.32 Å². The summed E-state index contributed by atoms with van der Waals surface area (Å²) in [6.07, 6.45) is 0. The number of nitrogens with one attached hydrogen (secondary N) is 3. The molecule has 12 heteroatoms. The number of halogens is 4. The lowest BCUT2D eigenvalue weighted by molar-refractivity contribution is -0.140. The average Bonchev–Trinajstić information content (AvgIpc) is 2.78. The van der Waals surface area contributed by atoms with Crippen LogP contribution in [0.2, 0.25) is 0 Å². The quantitative estimate of drug-likeness (QED) is 0.179. The predicted octanol–water partition coefficient (Wildman–Crippen LogP) is 1.64. The van der Waals surface area contributed by atoms with Crippen molar-refractivity contribution in [2.45, 2.75) is 6.04 Å². The highest BCUT2D eigenvalue weighted by atomic mass is 19.2. The van der Waals surface area contributed by atoms with Gasteiger partial charge >= 0.3 is 0 Å². The van der Waals surface area contributed by atoms with Crippen molar-refractivity contribution in [2.75, 3.05) is 26.5 Å². The third-order valence-corrected chi connectivity index (χ3v) is 4.49. The van der Waals surface area contributed by atoms with Crippen molar-refractivity contribution < 1.29 is 37.2 Å². The molecular formula is C19H18F4N4O4. The molecule has 0 saturated heterocycles. The number of rotatable bonds is 6. The Hall–Kier alpha value is -3.67. The highest BCUT2D eigenvalue weighted by Crippen LogP contribution is 2.34. The number of hydrogen-bond acceptors (Lipinski definition) is 5. The summed E-state index contributed by atoms with van der Waals surface area (Å²) >= 11 is 0. The summed E-state index contributed by atoms with van der Waals surface area (Å²) in [6.45, 7) is 0. The summed E-state index contributed by atoms with van der Waals surface area (Å²) in [4.78, 5) is 37.0. The molecule has 0 aliphatic heterocycles. The van der Waals surface area contributed by atoms with Crippen LogP contribution in [0.15, 0.2) is 24.3 Å². The fourth-order valence-corrected chi connectivity index (χ4v) is 2.87. The largest absolute Gasteiger partial charge is 0.383 e. The third kappa shape index (κ3) is 4.28. The van der Waals surface area contributed by atoms with Gasteiger partial charge in [-0.15, -0.1) is 0 Å². The molecule has 0 radical (unpaired) electrons. The molecule has 4 N–H and O–H groups in total. The normalized spacial score (nSPS) is 11.5. The summed E-state index contributed by atoms with van der Waals surface area (Å²) in [5.41, 5.74) is -1.02. The SMILES string of the molecule is CNC(=O)C(C(=O)NO)N(C)C(=O)c1ccc(-c2c(F)c(F)c(NC)c(F)c2F)cc1. The molecule has 8 nitrogen and oxygen atoms in total. The fourth-order valence-electron chi connectivity index (χ4n) is 2.87. The zero-order valence-corrected chi connectivity index (χ0v) is 16.5. The van der Waals surface area contributed by atoms with Crippen LogP contribution >= 0.6 is 0 Å². The zero-order valence-electron chi connectivity index (χ0n) is 16.5. The van der Waals surface area contributed by atoms with Crippen molar-refractivity contribution in [3.8, 4) is 11.1 Å². The maximum atomic E-state index is 14.3. The van der Waals surface area contributed by atoms with Gasteiger partial charge in [0, 0.05) is 26.7 Å². The van der Waals surface area contributed by atoms with E-state index in [0.29, 0.717) is 0 Å². The van der Waals surface area contributed by atoms with Gasteiger partial charge < -0.3 is 15.5 Å². The smallest absolute Gasteiger partial charge is 0.275 e. The van der Waals surface area contributed by atoms with Crippen LogP contribution in [0.4, 0.5) is 23.2 Å².